The van der Waals surface area contributed by atoms with E-state index in [0.29, 0.717) is 54.2 Å². The van der Waals surface area contributed by atoms with Gasteiger partial charge in [0, 0.05) is 11.9 Å². The van der Waals surface area contributed by atoms with Gasteiger partial charge in [0.05, 0.1) is 11.6 Å². The molecule has 1 aromatic carbocycles. The van der Waals surface area contributed by atoms with Crippen LogP contribution in [0.3, 0.4) is 0 Å². The van der Waals surface area contributed by atoms with Crippen molar-refractivity contribution in [2.24, 2.45) is 0 Å². The van der Waals surface area contributed by atoms with Gasteiger partial charge in [0.25, 0.3) is 5.91 Å². The van der Waals surface area contributed by atoms with Gasteiger partial charge < -0.3 is 19.8 Å². The summed E-state index contributed by atoms with van der Waals surface area (Å²) in [4.78, 5) is 12.7. The maximum atomic E-state index is 14.0. The number of benzene rings is 1. The molecule has 0 radical (unpaired) electrons. The Morgan fingerprint density at radius 3 is 3.17 bits per heavy atom. The van der Waals surface area contributed by atoms with Crippen molar-refractivity contribution in [1.82, 2.24) is 10.6 Å². The highest BCUT2D eigenvalue weighted by molar-refractivity contribution is 6.07. The summed E-state index contributed by atoms with van der Waals surface area (Å²) in [6.07, 6.45) is 1.01. The second-order valence-corrected chi connectivity index (χ2v) is 5.88. The molecule has 1 aliphatic heterocycles. The largest absolute Gasteiger partial charge is 0.490 e. The smallest absolute Gasteiger partial charge is 0.255 e. The van der Waals surface area contributed by atoms with Gasteiger partial charge >= 0.3 is 0 Å². The average molecular weight is 332 g/mol. The second-order valence-electron chi connectivity index (χ2n) is 5.88. The number of ether oxygens (including phenoxy) is 1. The van der Waals surface area contributed by atoms with Crippen LogP contribution in [0.4, 0.5) is 4.39 Å². The summed E-state index contributed by atoms with van der Waals surface area (Å²) >= 11 is 0. The predicted octanol–water partition coefficient (Wildman–Crippen LogP) is 2.74. The third-order valence-corrected chi connectivity index (χ3v) is 4.14. The molecule has 0 spiro atoms. The van der Waals surface area contributed by atoms with Gasteiger partial charge in [-0.1, -0.05) is 12.7 Å². The number of carbonyl (C=O) groups excluding carboxylic acids is 1. The van der Waals surface area contributed by atoms with Crippen molar-refractivity contribution in [3.63, 3.8) is 0 Å². The molecule has 5 nitrogen and oxygen atoms in total. The number of rotatable bonds is 5. The van der Waals surface area contributed by atoms with Gasteiger partial charge in [-0.3, -0.25) is 4.79 Å². The van der Waals surface area contributed by atoms with Crippen LogP contribution in [0.5, 0.6) is 5.75 Å². The zero-order valence-corrected chi connectivity index (χ0v) is 13.6. The SMILES string of the molecule is C=CCOc1ccc2oc(C)c(C(=O)NC3CNCCC3F)c2c1. The van der Waals surface area contributed by atoms with E-state index in [4.69, 9.17) is 9.15 Å². The Hall–Kier alpha value is -2.34. The molecule has 6 heteroatoms. The Bertz CT molecular complexity index is 756. The molecule has 1 saturated heterocycles. The van der Waals surface area contributed by atoms with E-state index in [1.807, 2.05) is 0 Å². The number of piperidine rings is 1. The molecular weight excluding hydrogens is 311 g/mol. The number of hydrogen-bond acceptors (Lipinski definition) is 4. The topological polar surface area (TPSA) is 63.5 Å². The summed E-state index contributed by atoms with van der Waals surface area (Å²) in [6.45, 7) is 6.77. The Labute approximate surface area is 139 Å². The normalized spacial score (nSPS) is 20.8. The molecule has 1 aromatic heterocycles. The number of carbonyl (C=O) groups is 1. The molecule has 2 atom stereocenters. The van der Waals surface area contributed by atoms with Crippen molar-refractivity contribution in [3.8, 4) is 5.75 Å². The monoisotopic (exact) mass is 332 g/mol. The molecule has 24 heavy (non-hydrogen) atoms. The fourth-order valence-corrected chi connectivity index (χ4v) is 2.93. The molecule has 1 fully saturated rings. The summed E-state index contributed by atoms with van der Waals surface area (Å²) in [7, 11) is 0. The lowest BCUT2D eigenvalue weighted by Crippen LogP contribution is -2.52. The van der Waals surface area contributed by atoms with Crippen molar-refractivity contribution in [3.05, 3.63) is 42.2 Å². The van der Waals surface area contributed by atoms with Gasteiger partial charge in [0.1, 0.15) is 29.9 Å². The van der Waals surface area contributed by atoms with Gasteiger partial charge in [-0.05, 0) is 38.1 Å². The van der Waals surface area contributed by atoms with Crippen LogP contribution < -0.4 is 15.4 Å². The van der Waals surface area contributed by atoms with E-state index < -0.39 is 12.2 Å². The Kier molecular flexibility index (Phi) is 4.85. The first-order chi connectivity index (χ1) is 11.6. The molecule has 1 aliphatic rings. The fourth-order valence-electron chi connectivity index (χ4n) is 2.93. The zero-order valence-electron chi connectivity index (χ0n) is 13.6. The van der Waals surface area contributed by atoms with Crippen molar-refractivity contribution < 1.29 is 18.3 Å². The van der Waals surface area contributed by atoms with Crippen LogP contribution in [0.1, 0.15) is 22.5 Å². The predicted molar refractivity (Wildman–Crippen MR) is 90.3 cm³/mol. The maximum absolute atomic E-state index is 14.0. The zero-order chi connectivity index (χ0) is 17.1. The molecule has 0 aliphatic carbocycles. The second kappa shape index (κ2) is 7.05. The minimum absolute atomic E-state index is 0.330. The Balaban J connectivity index is 1.87. The third-order valence-electron chi connectivity index (χ3n) is 4.14. The fraction of sp³-hybridized carbons (Fsp3) is 0.389. The first-order valence-corrected chi connectivity index (χ1v) is 8.02. The van der Waals surface area contributed by atoms with E-state index in [-0.39, 0.29) is 5.91 Å². The summed E-state index contributed by atoms with van der Waals surface area (Å²) in [5, 5.41) is 6.52. The molecular formula is C18H21FN2O3. The summed E-state index contributed by atoms with van der Waals surface area (Å²) in [5.74, 6) is 0.797. The molecule has 128 valence electrons. The van der Waals surface area contributed by atoms with Crippen LogP contribution in [0.25, 0.3) is 11.0 Å². The van der Waals surface area contributed by atoms with E-state index in [0.717, 1.165) is 0 Å². The molecule has 1 amide bonds. The van der Waals surface area contributed by atoms with E-state index in [1.54, 1.807) is 31.2 Å². The molecule has 0 bridgehead atoms. The first-order valence-electron chi connectivity index (χ1n) is 8.02. The number of fused-ring (bicyclic) bond motifs is 1. The lowest BCUT2D eigenvalue weighted by molar-refractivity contribution is 0.0892. The van der Waals surface area contributed by atoms with Gasteiger partial charge in [0.15, 0.2) is 0 Å². The first kappa shape index (κ1) is 16.5. The Morgan fingerprint density at radius 2 is 2.42 bits per heavy atom. The quantitative estimate of drug-likeness (QED) is 0.827. The standard InChI is InChI=1S/C18H21FN2O3/c1-3-8-23-12-4-5-16-13(9-12)17(11(2)24-16)18(22)21-15-10-20-7-6-14(15)19/h3-5,9,14-15,20H,1,6-8,10H2,2H3,(H,21,22). The van der Waals surface area contributed by atoms with E-state index in [9.17, 15) is 9.18 Å². The summed E-state index contributed by atoms with van der Waals surface area (Å²) < 4.78 is 25.1. The number of amides is 1. The molecule has 2 aromatic rings. The van der Waals surface area contributed by atoms with Gasteiger partial charge in [-0.15, -0.1) is 0 Å². The molecule has 2 unspecified atom stereocenters. The van der Waals surface area contributed by atoms with Crippen LogP contribution in [-0.4, -0.2) is 37.8 Å². The van der Waals surface area contributed by atoms with Crippen LogP contribution in [0, 0.1) is 6.92 Å². The molecule has 2 N–H and O–H groups in total. The highest BCUT2D eigenvalue weighted by Crippen LogP contribution is 2.29. The van der Waals surface area contributed by atoms with Crippen molar-refractivity contribution in [1.29, 1.82) is 0 Å². The summed E-state index contributed by atoms with van der Waals surface area (Å²) in [5.41, 5.74) is 1.02. The van der Waals surface area contributed by atoms with Crippen molar-refractivity contribution in [2.45, 2.75) is 25.6 Å². The minimum atomic E-state index is -1.04. The minimum Gasteiger partial charge on any atom is -0.490 e. The average Bonchev–Trinajstić information content (AvgIpc) is 2.90. The van der Waals surface area contributed by atoms with Crippen molar-refractivity contribution >= 4 is 16.9 Å². The van der Waals surface area contributed by atoms with E-state index >= 15 is 0 Å². The van der Waals surface area contributed by atoms with E-state index in [2.05, 4.69) is 17.2 Å². The number of furan rings is 1. The highest BCUT2D eigenvalue weighted by atomic mass is 19.1. The molecule has 2 heterocycles. The number of hydrogen-bond donors (Lipinski definition) is 2. The van der Waals surface area contributed by atoms with Gasteiger partial charge in [-0.2, -0.15) is 0 Å². The number of nitrogens with one attached hydrogen (secondary N) is 2. The van der Waals surface area contributed by atoms with Gasteiger partial charge in [-0.25, -0.2) is 4.39 Å². The van der Waals surface area contributed by atoms with Crippen LogP contribution in [0.15, 0.2) is 35.3 Å². The van der Waals surface area contributed by atoms with E-state index in [1.165, 1.54) is 0 Å². The van der Waals surface area contributed by atoms with Crippen LogP contribution in [-0.2, 0) is 0 Å². The molecule has 3 rings (SSSR count). The number of alkyl halides is 1. The third kappa shape index (κ3) is 3.28. The van der Waals surface area contributed by atoms with Crippen LogP contribution in [0.2, 0.25) is 0 Å². The summed E-state index contributed by atoms with van der Waals surface area (Å²) in [6, 6.07) is 4.77. The molecule has 0 saturated carbocycles. The maximum Gasteiger partial charge on any atom is 0.255 e. The number of halogens is 1. The number of aryl methyl sites for hydroxylation is 1. The highest BCUT2D eigenvalue weighted by Gasteiger charge is 2.28. The van der Waals surface area contributed by atoms with Crippen LogP contribution >= 0.6 is 0 Å². The Morgan fingerprint density at radius 1 is 1.58 bits per heavy atom. The van der Waals surface area contributed by atoms with Crippen molar-refractivity contribution in [2.75, 3.05) is 19.7 Å². The lowest BCUT2D eigenvalue weighted by Gasteiger charge is -2.27. The lowest BCUT2D eigenvalue weighted by atomic mass is 10.0. The van der Waals surface area contributed by atoms with Gasteiger partial charge in [0.2, 0.25) is 0 Å².